The van der Waals surface area contributed by atoms with E-state index in [2.05, 4.69) is 20.3 Å². The summed E-state index contributed by atoms with van der Waals surface area (Å²) in [6.07, 6.45) is -4.01. The van der Waals surface area contributed by atoms with E-state index in [1.54, 1.807) is 6.07 Å². The van der Waals surface area contributed by atoms with Crippen LogP contribution in [0.5, 0.6) is 0 Å². The number of aromatic nitrogens is 5. The molecule has 108 valence electrons. The van der Waals surface area contributed by atoms with E-state index in [1.165, 1.54) is 0 Å². The number of carbonyl (C=O) groups is 1. The Labute approximate surface area is 115 Å². The van der Waals surface area contributed by atoms with E-state index in [4.69, 9.17) is 0 Å². The van der Waals surface area contributed by atoms with E-state index in [9.17, 15) is 18.0 Å². The lowest BCUT2D eigenvalue weighted by atomic mass is 10.3. The minimum atomic E-state index is -4.96. The predicted octanol–water partition coefficient (Wildman–Crippen LogP) is 1.95. The Morgan fingerprint density at radius 2 is 2.05 bits per heavy atom. The quantitative estimate of drug-likeness (QED) is 0.749. The monoisotopic (exact) mass is 295 g/mol. The summed E-state index contributed by atoms with van der Waals surface area (Å²) in [5, 5.41) is 6.74. The number of ketones is 1. The number of fused-ring (bicyclic) bond motifs is 1. The molecule has 2 heterocycles. The first-order valence-corrected chi connectivity index (χ1v) is 5.89. The zero-order valence-electron chi connectivity index (χ0n) is 10.4. The number of hydrogen-bond acceptors (Lipinski definition) is 4. The number of Topliss-reactive ketones (excluding diaryl/α,β-unsaturated/α-hetero) is 1. The summed E-state index contributed by atoms with van der Waals surface area (Å²) in [4.78, 5) is 18.3. The lowest BCUT2D eigenvalue weighted by Gasteiger charge is -2.00. The number of nitrogens with zero attached hydrogens (tertiary/aromatic N) is 4. The van der Waals surface area contributed by atoms with Gasteiger partial charge in [-0.05, 0) is 12.1 Å². The molecule has 0 atom stereocenters. The van der Waals surface area contributed by atoms with Crippen molar-refractivity contribution in [3.05, 3.63) is 42.0 Å². The van der Waals surface area contributed by atoms with Crippen molar-refractivity contribution < 1.29 is 18.0 Å². The number of aromatic amines is 1. The van der Waals surface area contributed by atoms with Gasteiger partial charge >= 0.3 is 6.18 Å². The lowest BCUT2D eigenvalue weighted by Crippen LogP contribution is -2.23. The highest BCUT2D eigenvalue weighted by atomic mass is 19.4. The van der Waals surface area contributed by atoms with Crippen LogP contribution in [0, 0.1) is 0 Å². The Morgan fingerprint density at radius 1 is 1.29 bits per heavy atom. The van der Waals surface area contributed by atoms with Gasteiger partial charge in [0.25, 0.3) is 5.78 Å². The van der Waals surface area contributed by atoms with Gasteiger partial charge in [-0.25, -0.2) is 9.67 Å². The van der Waals surface area contributed by atoms with E-state index < -0.39 is 17.7 Å². The smallest absolute Gasteiger partial charge is 0.340 e. The van der Waals surface area contributed by atoms with Crippen LogP contribution in [0.1, 0.15) is 16.3 Å². The van der Waals surface area contributed by atoms with E-state index in [0.29, 0.717) is 5.82 Å². The van der Waals surface area contributed by atoms with Gasteiger partial charge in [0.2, 0.25) is 0 Å². The topological polar surface area (TPSA) is 76.5 Å². The number of halogens is 3. The molecule has 3 rings (SSSR count). The number of rotatable bonds is 3. The van der Waals surface area contributed by atoms with Gasteiger partial charge in [-0.2, -0.15) is 13.2 Å². The van der Waals surface area contributed by atoms with Crippen LogP contribution >= 0.6 is 0 Å². The van der Waals surface area contributed by atoms with Crippen molar-refractivity contribution in [3.8, 4) is 0 Å². The van der Waals surface area contributed by atoms with Crippen LogP contribution < -0.4 is 0 Å². The maximum atomic E-state index is 12.3. The van der Waals surface area contributed by atoms with Crippen molar-refractivity contribution in [2.24, 2.45) is 0 Å². The summed E-state index contributed by atoms with van der Waals surface area (Å²) >= 11 is 0. The molecule has 0 saturated carbocycles. The van der Waals surface area contributed by atoms with E-state index in [0.717, 1.165) is 21.9 Å². The van der Waals surface area contributed by atoms with E-state index in [-0.39, 0.29) is 6.54 Å². The molecule has 1 N–H and O–H groups in total. The number of benzene rings is 1. The van der Waals surface area contributed by atoms with Crippen LogP contribution in [0.2, 0.25) is 0 Å². The average Bonchev–Trinajstić information content (AvgIpc) is 3.03. The van der Waals surface area contributed by atoms with Crippen LogP contribution in [-0.2, 0) is 6.54 Å². The van der Waals surface area contributed by atoms with Crippen molar-refractivity contribution in [2.45, 2.75) is 12.7 Å². The first-order valence-electron chi connectivity index (χ1n) is 5.89. The lowest BCUT2D eigenvalue weighted by molar-refractivity contribution is -0.0888. The molecule has 0 aliphatic rings. The molecule has 0 aliphatic heterocycles. The van der Waals surface area contributed by atoms with Crippen molar-refractivity contribution in [1.82, 2.24) is 25.0 Å². The van der Waals surface area contributed by atoms with Crippen LogP contribution in [0.25, 0.3) is 11.0 Å². The largest absolute Gasteiger partial charge is 0.456 e. The fourth-order valence-electron chi connectivity index (χ4n) is 1.86. The summed E-state index contributed by atoms with van der Waals surface area (Å²) in [7, 11) is 0. The highest BCUT2D eigenvalue weighted by Crippen LogP contribution is 2.20. The summed E-state index contributed by atoms with van der Waals surface area (Å²) in [5.74, 6) is -1.51. The molecule has 0 fully saturated rings. The van der Waals surface area contributed by atoms with Crippen molar-refractivity contribution in [1.29, 1.82) is 0 Å². The van der Waals surface area contributed by atoms with Gasteiger partial charge in [-0.3, -0.25) is 4.79 Å². The first-order chi connectivity index (χ1) is 9.93. The van der Waals surface area contributed by atoms with Crippen molar-refractivity contribution >= 4 is 16.8 Å². The van der Waals surface area contributed by atoms with Crippen molar-refractivity contribution in [2.75, 3.05) is 0 Å². The highest BCUT2D eigenvalue weighted by Gasteiger charge is 2.41. The fraction of sp³-hybridized carbons (Fsp3) is 0.167. The van der Waals surface area contributed by atoms with Gasteiger partial charge in [0.05, 0.1) is 17.2 Å². The first kappa shape index (κ1) is 13.3. The molecular formula is C12H8F3N5O. The number of carbonyl (C=O) groups excluding carboxylic acids is 1. The molecule has 9 heteroatoms. The summed E-state index contributed by atoms with van der Waals surface area (Å²) in [6.45, 7) is 0.0901. The SMILES string of the molecule is O=C(c1cn(Cc2nc3ccccc3[nH]2)nn1)C(F)(F)F. The minimum Gasteiger partial charge on any atom is -0.340 e. The Morgan fingerprint density at radius 3 is 2.76 bits per heavy atom. The second kappa shape index (κ2) is 4.69. The molecule has 3 aromatic rings. The predicted molar refractivity (Wildman–Crippen MR) is 65.6 cm³/mol. The molecule has 0 radical (unpaired) electrons. The van der Waals surface area contributed by atoms with Gasteiger partial charge in [0.15, 0.2) is 5.69 Å². The van der Waals surface area contributed by atoms with Gasteiger partial charge < -0.3 is 4.98 Å². The Balaban J connectivity index is 1.82. The Kier molecular flexibility index (Phi) is 2.96. The summed E-state index contributed by atoms with van der Waals surface area (Å²) < 4.78 is 37.9. The molecule has 0 bridgehead atoms. The molecule has 21 heavy (non-hydrogen) atoms. The average molecular weight is 295 g/mol. The van der Waals surface area contributed by atoms with Crippen molar-refractivity contribution in [3.63, 3.8) is 0 Å². The minimum absolute atomic E-state index is 0.0901. The normalized spacial score (nSPS) is 12.0. The van der Waals surface area contributed by atoms with Crippen LogP contribution in [0.3, 0.4) is 0 Å². The molecule has 1 aromatic carbocycles. The molecule has 0 amide bonds. The maximum Gasteiger partial charge on any atom is 0.456 e. The zero-order valence-corrected chi connectivity index (χ0v) is 10.4. The molecule has 2 aromatic heterocycles. The third-order valence-corrected chi connectivity index (χ3v) is 2.78. The number of H-pyrrole nitrogens is 1. The van der Waals surface area contributed by atoms with Gasteiger partial charge in [0, 0.05) is 0 Å². The summed E-state index contributed by atoms with van der Waals surface area (Å²) in [5.41, 5.74) is 0.803. The molecule has 0 aliphatic carbocycles. The number of nitrogens with one attached hydrogen (secondary N) is 1. The second-order valence-corrected chi connectivity index (χ2v) is 4.33. The molecule has 0 saturated heterocycles. The second-order valence-electron chi connectivity index (χ2n) is 4.33. The fourth-order valence-corrected chi connectivity index (χ4v) is 1.86. The van der Waals surface area contributed by atoms with Crippen LogP contribution in [0.4, 0.5) is 13.2 Å². The summed E-state index contributed by atoms with van der Waals surface area (Å²) in [6, 6.07) is 7.28. The maximum absolute atomic E-state index is 12.3. The molecule has 0 unspecified atom stereocenters. The van der Waals surface area contributed by atoms with Crippen LogP contribution in [-0.4, -0.2) is 36.9 Å². The van der Waals surface area contributed by atoms with Crippen LogP contribution in [0.15, 0.2) is 30.5 Å². The van der Waals surface area contributed by atoms with E-state index >= 15 is 0 Å². The standard InChI is InChI=1S/C12H8F3N5O/c13-12(14,15)11(21)9-5-20(19-18-9)6-10-16-7-3-1-2-4-8(7)17-10/h1-5H,6H2,(H,16,17). The molecular weight excluding hydrogens is 287 g/mol. The number of alkyl halides is 3. The number of hydrogen-bond donors (Lipinski definition) is 1. The zero-order chi connectivity index (χ0) is 15.0. The third kappa shape index (κ3) is 2.62. The van der Waals surface area contributed by atoms with Gasteiger partial charge in [-0.15, -0.1) is 5.10 Å². The number of para-hydroxylation sites is 2. The number of imidazole rings is 1. The Bertz CT molecular complexity index is 771. The Hall–Kier alpha value is -2.71. The van der Waals surface area contributed by atoms with Gasteiger partial charge in [0.1, 0.15) is 12.4 Å². The van der Waals surface area contributed by atoms with Gasteiger partial charge in [-0.1, -0.05) is 17.3 Å². The highest BCUT2D eigenvalue weighted by molar-refractivity contribution is 5.98. The third-order valence-electron chi connectivity index (χ3n) is 2.78. The van der Waals surface area contributed by atoms with E-state index in [1.807, 2.05) is 18.2 Å². The molecule has 6 nitrogen and oxygen atoms in total. The molecule has 0 spiro atoms.